The fourth-order valence-electron chi connectivity index (χ4n) is 3.29. The van der Waals surface area contributed by atoms with Gasteiger partial charge in [0, 0.05) is 0 Å². The Morgan fingerprint density at radius 3 is 1.80 bits per heavy atom. The first kappa shape index (κ1) is 6.69. The van der Waals surface area contributed by atoms with E-state index in [9.17, 15) is 0 Å². The molecule has 0 aromatic carbocycles. The van der Waals surface area contributed by atoms with Crippen molar-refractivity contribution in [1.82, 2.24) is 0 Å². The highest BCUT2D eigenvalue weighted by molar-refractivity contribution is 4.87. The molecule has 0 aliphatic heterocycles. The molecule has 0 heteroatoms. The Kier molecular flexibility index (Phi) is 1.51. The lowest BCUT2D eigenvalue weighted by atomic mass is 9.61. The van der Waals surface area contributed by atoms with Gasteiger partial charge in [0.2, 0.25) is 0 Å². The molecule has 3 saturated carbocycles. The normalized spacial score (nSPS) is 53.4. The zero-order valence-corrected chi connectivity index (χ0v) is 7.14. The van der Waals surface area contributed by atoms with Crippen molar-refractivity contribution < 1.29 is 0 Å². The highest BCUT2D eigenvalue weighted by atomic mass is 14.4. The third-order valence-corrected chi connectivity index (χ3v) is 3.78. The summed E-state index contributed by atoms with van der Waals surface area (Å²) < 4.78 is 0. The SMILES string of the molecule is C[C@@H]1CC2CCC1[C@@H](C)C2. The second kappa shape index (κ2) is 2.25. The van der Waals surface area contributed by atoms with Crippen LogP contribution in [-0.2, 0) is 0 Å². The van der Waals surface area contributed by atoms with Crippen LogP contribution in [0.4, 0.5) is 0 Å². The topological polar surface area (TPSA) is 0 Å². The molecule has 3 aliphatic rings. The number of hydrogen-bond acceptors (Lipinski definition) is 0. The molecule has 0 radical (unpaired) electrons. The van der Waals surface area contributed by atoms with E-state index < -0.39 is 0 Å². The summed E-state index contributed by atoms with van der Waals surface area (Å²) in [4.78, 5) is 0. The lowest BCUT2D eigenvalue weighted by Crippen LogP contribution is -2.35. The van der Waals surface area contributed by atoms with Gasteiger partial charge in [-0.25, -0.2) is 0 Å². The van der Waals surface area contributed by atoms with Crippen LogP contribution in [0.2, 0.25) is 0 Å². The molecule has 3 rings (SSSR count). The van der Waals surface area contributed by atoms with Crippen LogP contribution in [0.3, 0.4) is 0 Å². The largest absolute Gasteiger partial charge is 0.0622 e. The Labute approximate surface area is 64.0 Å². The molecule has 2 bridgehead atoms. The summed E-state index contributed by atoms with van der Waals surface area (Å²) in [5, 5.41) is 0. The van der Waals surface area contributed by atoms with Crippen molar-refractivity contribution >= 4 is 0 Å². The molecular weight excluding hydrogens is 120 g/mol. The Hall–Kier alpha value is 0. The van der Waals surface area contributed by atoms with E-state index in [1.807, 2.05) is 0 Å². The molecule has 0 amide bonds. The molecule has 3 aliphatic carbocycles. The zero-order chi connectivity index (χ0) is 7.14. The van der Waals surface area contributed by atoms with E-state index in [0.29, 0.717) is 0 Å². The molecule has 0 spiro atoms. The molecule has 58 valence electrons. The fourth-order valence-corrected chi connectivity index (χ4v) is 3.29. The maximum atomic E-state index is 2.45. The van der Waals surface area contributed by atoms with Crippen molar-refractivity contribution in [2.45, 2.75) is 39.5 Å². The molecule has 0 aromatic rings. The van der Waals surface area contributed by atoms with E-state index in [-0.39, 0.29) is 0 Å². The summed E-state index contributed by atoms with van der Waals surface area (Å²) in [7, 11) is 0. The van der Waals surface area contributed by atoms with Crippen LogP contribution < -0.4 is 0 Å². The van der Waals surface area contributed by atoms with Gasteiger partial charge < -0.3 is 0 Å². The van der Waals surface area contributed by atoms with Crippen LogP contribution in [0.25, 0.3) is 0 Å². The highest BCUT2D eigenvalue weighted by Crippen LogP contribution is 2.47. The summed E-state index contributed by atoms with van der Waals surface area (Å²) in [5.41, 5.74) is 0. The van der Waals surface area contributed by atoms with Crippen molar-refractivity contribution in [3.63, 3.8) is 0 Å². The lowest BCUT2D eigenvalue weighted by molar-refractivity contribution is 0.0556. The maximum absolute atomic E-state index is 2.45. The number of fused-ring (bicyclic) bond motifs is 3. The van der Waals surface area contributed by atoms with E-state index in [1.165, 1.54) is 19.3 Å². The monoisotopic (exact) mass is 138 g/mol. The van der Waals surface area contributed by atoms with Crippen molar-refractivity contribution in [2.75, 3.05) is 0 Å². The van der Waals surface area contributed by atoms with Crippen molar-refractivity contribution in [2.24, 2.45) is 23.7 Å². The second-order valence-electron chi connectivity index (χ2n) is 4.53. The van der Waals surface area contributed by atoms with Crippen LogP contribution in [-0.4, -0.2) is 0 Å². The minimum absolute atomic E-state index is 1.04. The second-order valence-corrected chi connectivity index (χ2v) is 4.53. The third kappa shape index (κ3) is 0.889. The first-order valence-electron chi connectivity index (χ1n) is 4.77. The van der Waals surface area contributed by atoms with Gasteiger partial charge in [0.1, 0.15) is 0 Å². The van der Waals surface area contributed by atoms with Crippen LogP contribution in [0, 0.1) is 23.7 Å². The zero-order valence-electron chi connectivity index (χ0n) is 7.14. The molecule has 0 nitrogen and oxygen atoms in total. The van der Waals surface area contributed by atoms with E-state index in [1.54, 1.807) is 6.42 Å². The summed E-state index contributed by atoms with van der Waals surface area (Å²) >= 11 is 0. The molecule has 0 heterocycles. The fraction of sp³-hybridized carbons (Fsp3) is 1.00. The van der Waals surface area contributed by atoms with Gasteiger partial charge in [0.25, 0.3) is 0 Å². The van der Waals surface area contributed by atoms with Crippen LogP contribution in [0.15, 0.2) is 0 Å². The molecule has 0 N–H and O–H groups in total. The van der Waals surface area contributed by atoms with Gasteiger partial charge in [-0.05, 0) is 42.9 Å². The third-order valence-electron chi connectivity index (χ3n) is 3.78. The first-order valence-corrected chi connectivity index (χ1v) is 4.77. The van der Waals surface area contributed by atoms with Crippen LogP contribution >= 0.6 is 0 Å². The molecule has 10 heavy (non-hydrogen) atoms. The van der Waals surface area contributed by atoms with Crippen LogP contribution in [0.1, 0.15) is 39.5 Å². The average Bonchev–Trinajstić information content (AvgIpc) is 1.86. The Bertz CT molecular complexity index is 116. The molecule has 3 fully saturated rings. The molecule has 0 aromatic heterocycles. The maximum Gasteiger partial charge on any atom is -0.0362 e. The van der Waals surface area contributed by atoms with Gasteiger partial charge in [-0.2, -0.15) is 0 Å². The van der Waals surface area contributed by atoms with Gasteiger partial charge in [-0.15, -0.1) is 0 Å². The van der Waals surface area contributed by atoms with E-state index >= 15 is 0 Å². The predicted octanol–water partition coefficient (Wildman–Crippen LogP) is 3.08. The molecular formula is C10H18. The molecule has 2 unspecified atom stereocenters. The molecule has 0 saturated heterocycles. The summed E-state index contributed by atoms with van der Waals surface area (Å²) in [5.74, 6) is 4.28. The van der Waals surface area contributed by atoms with Gasteiger partial charge in [-0.1, -0.05) is 20.3 Å². The standard InChI is InChI=1S/C10H18/c1-7-5-9-3-4-10(7)8(2)6-9/h7-10H,3-6H2,1-2H3/t7-,8+,9?,10?. The van der Waals surface area contributed by atoms with Gasteiger partial charge in [0.05, 0.1) is 0 Å². The number of hydrogen-bond donors (Lipinski definition) is 0. The van der Waals surface area contributed by atoms with E-state index in [0.717, 1.165) is 23.7 Å². The minimum Gasteiger partial charge on any atom is -0.0622 e. The Morgan fingerprint density at radius 1 is 0.900 bits per heavy atom. The van der Waals surface area contributed by atoms with Crippen molar-refractivity contribution in [1.29, 1.82) is 0 Å². The minimum atomic E-state index is 1.04. The van der Waals surface area contributed by atoms with Crippen LogP contribution in [0.5, 0.6) is 0 Å². The quantitative estimate of drug-likeness (QED) is 0.482. The summed E-state index contributed by atoms with van der Waals surface area (Å²) in [6.07, 6.45) is 6.15. The summed E-state index contributed by atoms with van der Waals surface area (Å²) in [6, 6.07) is 0. The van der Waals surface area contributed by atoms with E-state index in [4.69, 9.17) is 0 Å². The van der Waals surface area contributed by atoms with Crippen molar-refractivity contribution in [3.8, 4) is 0 Å². The Morgan fingerprint density at radius 2 is 1.50 bits per heavy atom. The van der Waals surface area contributed by atoms with Gasteiger partial charge in [-0.3, -0.25) is 0 Å². The smallest absolute Gasteiger partial charge is 0.0362 e. The highest BCUT2D eigenvalue weighted by Gasteiger charge is 2.37. The average molecular weight is 138 g/mol. The lowest BCUT2D eigenvalue weighted by Gasteiger charge is -2.45. The van der Waals surface area contributed by atoms with Gasteiger partial charge in [0.15, 0.2) is 0 Å². The van der Waals surface area contributed by atoms with Gasteiger partial charge >= 0.3 is 0 Å². The number of rotatable bonds is 0. The van der Waals surface area contributed by atoms with Crippen molar-refractivity contribution in [3.05, 3.63) is 0 Å². The van der Waals surface area contributed by atoms with E-state index in [2.05, 4.69) is 13.8 Å². The Balaban J connectivity index is 2.11. The predicted molar refractivity (Wildman–Crippen MR) is 43.8 cm³/mol. The summed E-state index contributed by atoms with van der Waals surface area (Å²) in [6.45, 7) is 4.90. The molecule has 4 atom stereocenters. The first-order chi connectivity index (χ1) is 4.77.